The van der Waals surface area contributed by atoms with Gasteiger partial charge in [0.25, 0.3) is 0 Å². The minimum atomic E-state index is -0.664. The molecule has 0 unspecified atom stereocenters. The van der Waals surface area contributed by atoms with E-state index in [0.717, 1.165) is 37.0 Å². The molecule has 1 aliphatic heterocycles. The van der Waals surface area contributed by atoms with Crippen molar-refractivity contribution in [2.75, 3.05) is 65.5 Å². The number of nitrogens with one attached hydrogen (secondary N) is 4. The Balaban J connectivity index is 1.32. The molecule has 1 aromatic rings. The number of carbonyl (C=O) groups is 4. The third-order valence-electron chi connectivity index (χ3n) is 7.09. The van der Waals surface area contributed by atoms with Crippen LogP contribution in [0.1, 0.15) is 50.5 Å². The number of likely N-dealkylation sites (N-methyl/N-ethyl adjacent to an activating group) is 1. The molecule has 1 fully saturated rings. The summed E-state index contributed by atoms with van der Waals surface area (Å²) in [6.07, 6.45) is 6.56. The van der Waals surface area contributed by atoms with E-state index in [0.29, 0.717) is 70.8 Å². The van der Waals surface area contributed by atoms with E-state index in [1.165, 1.54) is 0 Å². The Morgan fingerprint density at radius 1 is 0.891 bits per heavy atom. The summed E-state index contributed by atoms with van der Waals surface area (Å²) in [5, 5.41) is 11.7. The van der Waals surface area contributed by atoms with Crippen LogP contribution in [0.25, 0.3) is 0 Å². The van der Waals surface area contributed by atoms with Crippen LogP contribution in [0.15, 0.2) is 30.3 Å². The highest BCUT2D eigenvalue weighted by Crippen LogP contribution is 2.30. The number of amides is 4. The van der Waals surface area contributed by atoms with Gasteiger partial charge >= 0.3 is 12.0 Å². The van der Waals surface area contributed by atoms with Gasteiger partial charge in [0.05, 0.1) is 38.9 Å². The smallest absolute Gasteiger partial charge is 0.312 e. The summed E-state index contributed by atoms with van der Waals surface area (Å²) in [5.41, 5.74) is 6.12. The molecule has 1 heterocycles. The second-order valence-electron chi connectivity index (χ2n) is 10.8. The molecule has 0 saturated carbocycles. The number of ether oxygens (including phenoxy) is 4. The summed E-state index contributed by atoms with van der Waals surface area (Å²) in [4.78, 5) is 47.6. The van der Waals surface area contributed by atoms with Crippen LogP contribution in [0.5, 0.6) is 0 Å². The van der Waals surface area contributed by atoms with E-state index in [4.69, 9.17) is 24.7 Å². The minimum Gasteiger partial charge on any atom is -0.461 e. The fraction of sp³-hybridized carbons (Fsp3) is 0.656. The van der Waals surface area contributed by atoms with Gasteiger partial charge in [-0.15, -0.1) is 0 Å². The maximum absolute atomic E-state index is 12.4. The maximum atomic E-state index is 12.4. The van der Waals surface area contributed by atoms with Crippen LogP contribution in [-0.2, 0) is 39.9 Å². The van der Waals surface area contributed by atoms with Gasteiger partial charge in [-0.1, -0.05) is 36.8 Å². The van der Waals surface area contributed by atoms with Gasteiger partial charge in [-0.05, 0) is 50.5 Å². The van der Waals surface area contributed by atoms with Crippen molar-refractivity contribution < 1.29 is 38.1 Å². The predicted octanol–water partition coefficient (Wildman–Crippen LogP) is 1.69. The van der Waals surface area contributed by atoms with Gasteiger partial charge in [0.2, 0.25) is 11.8 Å². The highest BCUT2D eigenvalue weighted by molar-refractivity contribution is 8.00. The average Bonchev–Trinajstić information content (AvgIpc) is 3.48. The van der Waals surface area contributed by atoms with E-state index < -0.39 is 18.0 Å². The summed E-state index contributed by atoms with van der Waals surface area (Å²) in [6, 6.07) is 8.24. The number of carbonyl (C=O) groups excluding carboxylic acids is 4. The van der Waals surface area contributed by atoms with Crippen LogP contribution in [0.3, 0.4) is 0 Å². The van der Waals surface area contributed by atoms with Gasteiger partial charge < -0.3 is 45.9 Å². The quantitative estimate of drug-likeness (QED) is 0.0722. The minimum absolute atomic E-state index is 0.0171. The topological polar surface area (TPSA) is 179 Å². The lowest BCUT2D eigenvalue weighted by molar-refractivity contribution is -0.147. The van der Waals surface area contributed by atoms with Crippen molar-refractivity contribution >= 4 is 35.6 Å². The Morgan fingerprint density at radius 2 is 1.54 bits per heavy atom. The van der Waals surface area contributed by atoms with Crippen molar-refractivity contribution in [1.29, 1.82) is 0 Å². The van der Waals surface area contributed by atoms with Gasteiger partial charge in [0.1, 0.15) is 6.61 Å². The molecule has 46 heavy (non-hydrogen) atoms. The van der Waals surface area contributed by atoms with Crippen LogP contribution in [-0.4, -0.2) is 107 Å². The molecule has 13 nitrogen and oxygen atoms in total. The first-order valence-electron chi connectivity index (χ1n) is 16.0. The lowest BCUT2D eigenvalue weighted by Gasteiger charge is -2.18. The van der Waals surface area contributed by atoms with Crippen LogP contribution in [0, 0.1) is 6.42 Å². The van der Waals surface area contributed by atoms with Crippen LogP contribution in [0.2, 0.25) is 0 Å². The summed E-state index contributed by atoms with van der Waals surface area (Å²) in [7, 11) is 1.63. The summed E-state index contributed by atoms with van der Waals surface area (Å²) < 4.78 is 21.8. The number of thioether (sulfide) groups is 1. The Morgan fingerprint density at radius 3 is 2.20 bits per heavy atom. The monoisotopic (exact) mass is 666 g/mol. The highest BCUT2D eigenvalue weighted by atomic mass is 32.2. The first kappa shape index (κ1) is 39.3. The maximum Gasteiger partial charge on any atom is 0.312 e. The molecular formula is C32H52N5O8S. The number of benzene rings is 1. The lowest BCUT2D eigenvalue weighted by Crippen LogP contribution is -2.44. The predicted molar refractivity (Wildman–Crippen MR) is 177 cm³/mol. The zero-order chi connectivity index (χ0) is 33.2. The first-order chi connectivity index (χ1) is 22.4. The second-order valence-corrected chi connectivity index (χ2v) is 12.0. The zero-order valence-electron chi connectivity index (χ0n) is 27.0. The Labute approximate surface area is 277 Å². The standard InChI is InChI=1S/C32H52N5O8S/c1-34-27(23-30(39)45-24-25-9-3-2-4-10-25)31(40)36-15-8-17-43-19-21-44-20-18-42-16-7-14-35-29(38)12-6-5-11-28-26(13-22-46-28)37-32(33)41/h2-4,9-10,13,26-28,34H,5-8,11-12,14-24H2,1H3,(H,35,38)(H,36,40)(H3,33,37,41)/t26-,27+,28-/m0/s1. The Hall–Kier alpha value is -2.91. The summed E-state index contributed by atoms with van der Waals surface area (Å²) in [6.45, 7) is 4.00. The van der Waals surface area contributed by atoms with Gasteiger partial charge in [-0.25, -0.2) is 4.79 Å². The number of hydrogen-bond acceptors (Lipinski definition) is 10. The van der Waals surface area contributed by atoms with E-state index in [-0.39, 0.29) is 30.9 Å². The largest absolute Gasteiger partial charge is 0.461 e. The third kappa shape index (κ3) is 18.9. The summed E-state index contributed by atoms with van der Waals surface area (Å²) >= 11 is 1.81. The van der Waals surface area contributed by atoms with Crippen LogP contribution in [0.4, 0.5) is 4.79 Å². The molecule has 0 aliphatic carbocycles. The van der Waals surface area contributed by atoms with Crippen molar-refractivity contribution in [2.24, 2.45) is 5.73 Å². The molecule has 259 valence electrons. The molecule has 4 amide bonds. The van der Waals surface area contributed by atoms with Crippen LogP contribution < -0.4 is 27.0 Å². The third-order valence-corrected chi connectivity index (χ3v) is 8.43. The summed E-state index contributed by atoms with van der Waals surface area (Å²) in [5.74, 6) is 0.247. The van der Waals surface area contributed by atoms with E-state index in [1.807, 2.05) is 42.1 Å². The molecule has 1 aromatic carbocycles. The van der Waals surface area contributed by atoms with Crippen molar-refractivity contribution in [3.8, 4) is 0 Å². The molecule has 1 saturated heterocycles. The molecule has 1 radical (unpaired) electrons. The van der Waals surface area contributed by atoms with Crippen molar-refractivity contribution in [1.82, 2.24) is 21.3 Å². The van der Waals surface area contributed by atoms with Gasteiger partial charge in [0, 0.05) is 44.0 Å². The second kappa shape index (κ2) is 25.2. The van der Waals surface area contributed by atoms with E-state index in [9.17, 15) is 19.2 Å². The number of hydrogen-bond donors (Lipinski definition) is 5. The number of esters is 1. The Bertz CT molecular complexity index is 1010. The fourth-order valence-corrected chi connectivity index (χ4v) is 5.86. The molecule has 0 bridgehead atoms. The van der Waals surface area contributed by atoms with E-state index >= 15 is 0 Å². The number of unbranched alkanes of at least 4 members (excludes halogenated alkanes) is 1. The highest BCUT2D eigenvalue weighted by Gasteiger charge is 2.28. The van der Waals surface area contributed by atoms with Gasteiger partial charge in [0.15, 0.2) is 0 Å². The van der Waals surface area contributed by atoms with E-state index in [1.54, 1.807) is 7.05 Å². The molecule has 2 rings (SSSR count). The molecule has 14 heteroatoms. The number of primary amides is 1. The first-order valence-corrected chi connectivity index (χ1v) is 17.1. The average molecular weight is 667 g/mol. The number of rotatable bonds is 26. The molecule has 0 aromatic heterocycles. The normalized spacial score (nSPS) is 16.5. The van der Waals surface area contributed by atoms with Crippen molar-refractivity contribution in [3.05, 3.63) is 42.3 Å². The number of urea groups is 1. The molecule has 3 atom stereocenters. The lowest BCUT2D eigenvalue weighted by atomic mass is 10.0. The van der Waals surface area contributed by atoms with Gasteiger partial charge in [-0.2, -0.15) is 11.8 Å². The van der Waals surface area contributed by atoms with E-state index in [2.05, 4.69) is 27.7 Å². The fourth-order valence-electron chi connectivity index (χ4n) is 4.58. The van der Waals surface area contributed by atoms with Crippen molar-refractivity contribution in [3.63, 3.8) is 0 Å². The van der Waals surface area contributed by atoms with Gasteiger partial charge in [-0.3, -0.25) is 14.4 Å². The molecule has 6 N–H and O–H groups in total. The molecule has 1 aliphatic rings. The van der Waals surface area contributed by atoms with Crippen LogP contribution >= 0.6 is 11.8 Å². The Kier molecular flexibility index (Phi) is 21.5. The number of nitrogens with two attached hydrogens (primary N) is 1. The zero-order valence-corrected chi connectivity index (χ0v) is 27.8. The molecule has 0 spiro atoms. The molecular weight excluding hydrogens is 614 g/mol. The van der Waals surface area contributed by atoms with Crippen molar-refractivity contribution in [2.45, 2.75) is 68.9 Å². The SMILES string of the molecule is CN[C@H](CC(=O)OCc1ccccc1)C(=O)NCCCOCCOCCOCCCNC(=O)CCCC[C@@H]1SC[CH][C@@H]1NC(N)=O.